The zero-order valence-corrected chi connectivity index (χ0v) is 12.3. The average molecular weight is 297 g/mol. The maximum atomic E-state index is 12.3. The second-order valence-electron chi connectivity index (χ2n) is 6.41. The number of fused-ring (bicyclic) bond motifs is 3. The van der Waals surface area contributed by atoms with E-state index in [1.54, 1.807) is 0 Å². The first kappa shape index (κ1) is 14.9. The molecule has 0 heterocycles. The number of rotatable bonds is 5. The molecular weight excluding hydrogens is 275 g/mol. The molecule has 1 aromatic rings. The first-order valence-electron chi connectivity index (χ1n) is 7.83. The molecule has 116 valence electrons. The highest BCUT2D eigenvalue weighted by Crippen LogP contribution is 2.61. The fraction of sp³-hybridized carbons (Fsp3) is 0.647. The maximum absolute atomic E-state index is 12.3. The fourth-order valence-electron chi connectivity index (χ4n) is 4.22. The van der Waals surface area contributed by atoms with Crippen LogP contribution in [0.3, 0.4) is 0 Å². The minimum Gasteiger partial charge on any atom is -0.317 e. The third-order valence-electron chi connectivity index (χ3n) is 5.20. The molecule has 4 heteroatoms. The summed E-state index contributed by atoms with van der Waals surface area (Å²) in [5.41, 5.74) is 2.88. The van der Waals surface area contributed by atoms with Crippen molar-refractivity contribution in [3.63, 3.8) is 0 Å². The van der Waals surface area contributed by atoms with E-state index >= 15 is 0 Å². The van der Waals surface area contributed by atoms with Crippen LogP contribution in [0.25, 0.3) is 0 Å². The van der Waals surface area contributed by atoms with Crippen molar-refractivity contribution in [2.45, 2.75) is 50.2 Å². The molecule has 4 unspecified atom stereocenters. The van der Waals surface area contributed by atoms with Crippen LogP contribution in [0.2, 0.25) is 0 Å². The van der Waals surface area contributed by atoms with Crippen LogP contribution in [-0.4, -0.2) is 19.3 Å². The molecule has 1 N–H and O–H groups in total. The van der Waals surface area contributed by atoms with E-state index in [2.05, 4.69) is 29.6 Å². The lowest BCUT2D eigenvalue weighted by Crippen LogP contribution is -2.29. The van der Waals surface area contributed by atoms with Gasteiger partial charge in [0, 0.05) is 12.5 Å². The van der Waals surface area contributed by atoms with Gasteiger partial charge in [0.1, 0.15) is 0 Å². The Balaban J connectivity index is 1.63. The largest absolute Gasteiger partial charge is 0.389 e. The van der Waals surface area contributed by atoms with Crippen LogP contribution < -0.4 is 5.32 Å². The highest BCUT2D eigenvalue weighted by Gasteiger charge is 2.55. The zero-order chi connectivity index (χ0) is 15.0. The van der Waals surface area contributed by atoms with Crippen LogP contribution in [0.5, 0.6) is 0 Å². The van der Waals surface area contributed by atoms with E-state index in [1.807, 2.05) is 7.05 Å². The van der Waals surface area contributed by atoms with Crippen molar-refractivity contribution in [3.8, 4) is 0 Å². The third kappa shape index (κ3) is 3.10. The van der Waals surface area contributed by atoms with E-state index in [-0.39, 0.29) is 12.5 Å². The van der Waals surface area contributed by atoms with Crippen LogP contribution in [0.1, 0.15) is 42.7 Å². The number of benzene rings is 1. The normalized spacial score (nSPS) is 28.7. The highest BCUT2D eigenvalue weighted by atomic mass is 19.4. The Morgan fingerprint density at radius 1 is 1.29 bits per heavy atom. The maximum Gasteiger partial charge on any atom is 0.389 e. The van der Waals surface area contributed by atoms with Gasteiger partial charge in [-0.1, -0.05) is 24.3 Å². The smallest absolute Gasteiger partial charge is 0.317 e. The van der Waals surface area contributed by atoms with E-state index in [0.29, 0.717) is 24.2 Å². The SMILES string of the molecule is CNC(CCCC(F)(F)F)C1C2CCc3ccccc3C21. The molecule has 4 atom stereocenters. The lowest BCUT2D eigenvalue weighted by Gasteiger charge is -2.17. The summed E-state index contributed by atoms with van der Waals surface area (Å²) in [5, 5.41) is 3.27. The van der Waals surface area contributed by atoms with Crippen LogP contribution in [0.15, 0.2) is 24.3 Å². The molecule has 0 amide bonds. The van der Waals surface area contributed by atoms with Crippen LogP contribution >= 0.6 is 0 Å². The molecule has 0 bridgehead atoms. The molecule has 1 aromatic carbocycles. The minimum atomic E-state index is -4.03. The Morgan fingerprint density at radius 2 is 2.05 bits per heavy atom. The van der Waals surface area contributed by atoms with E-state index in [4.69, 9.17) is 0 Å². The van der Waals surface area contributed by atoms with Crippen molar-refractivity contribution in [2.75, 3.05) is 7.05 Å². The van der Waals surface area contributed by atoms with Crippen LogP contribution in [0.4, 0.5) is 13.2 Å². The predicted octanol–water partition coefficient (Wildman–Crippen LogP) is 4.28. The number of nitrogens with one attached hydrogen (secondary N) is 1. The van der Waals surface area contributed by atoms with Gasteiger partial charge >= 0.3 is 6.18 Å². The summed E-state index contributed by atoms with van der Waals surface area (Å²) in [6.07, 6.45) is -1.54. The molecule has 2 aliphatic rings. The van der Waals surface area contributed by atoms with Crippen LogP contribution in [0, 0.1) is 11.8 Å². The minimum absolute atomic E-state index is 0.216. The second kappa shape index (κ2) is 5.64. The Hall–Kier alpha value is -1.03. The van der Waals surface area contributed by atoms with Gasteiger partial charge in [0.25, 0.3) is 0 Å². The monoisotopic (exact) mass is 297 g/mol. The summed E-state index contributed by atoms with van der Waals surface area (Å²) < 4.78 is 36.9. The molecule has 0 spiro atoms. The molecule has 2 aliphatic carbocycles. The molecule has 0 radical (unpaired) electrons. The summed E-state index contributed by atoms with van der Waals surface area (Å²) in [5.74, 6) is 1.76. The van der Waals surface area contributed by atoms with Crippen molar-refractivity contribution in [1.29, 1.82) is 0 Å². The van der Waals surface area contributed by atoms with Crippen molar-refractivity contribution in [3.05, 3.63) is 35.4 Å². The van der Waals surface area contributed by atoms with Crippen molar-refractivity contribution < 1.29 is 13.2 Å². The molecule has 0 aromatic heterocycles. The van der Waals surface area contributed by atoms with Gasteiger partial charge < -0.3 is 5.32 Å². The van der Waals surface area contributed by atoms with Gasteiger partial charge in [-0.15, -0.1) is 0 Å². The summed E-state index contributed by atoms with van der Waals surface area (Å²) in [7, 11) is 1.88. The van der Waals surface area contributed by atoms with E-state index in [1.165, 1.54) is 17.5 Å². The molecule has 1 nitrogen and oxygen atoms in total. The Morgan fingerprint density at radius 3 is 2.76 bits per heavy atom. The summed E-state index contributed by atoms with van der Waals surface area (Å²) in [6, 6.07) is 8.77. The lowest BCUT2D eigenvalue weighted by molar-refractivity contribution is -0.135. The van der Waals surface area contributed by atoms with Gasteiger partial charge in [-0.05, 0) is 61.6 Å². The van der Waals surface area contributed by atoms with Gasteiger partial charge in [-0.2, -0.15) is 13.2 Å². The van der Waals surface area contributed by atoms with Crippen molar-refractivity contribution in [2.24, 2.45) is 11.8 Å². The Bertz CT molecular complexity index is 497. The molecule has 1 saturated carbocycles. The first-order valence-corrected chi connectivity index (χ1v) is 7.83. The van der Waals surface area contributed by atoms with Crippen LogP contribution in [-0.2, 0) is 6.42 Å². The van der Waals surface area contributed by atoms with Gasteiger partial charge in [0.15, 0.2) is 0 Å². The number of hydrogen-bond donors (Lipinski definition) is 1. The standard InChI is InChI=1S/C17H22F3N/c1-21-14(7-4-10-17(18,19)20)16-13-9-8-11-5-2-3-6-12(11)15(13)16/h2-3,5-6,13-16,21H,4,7-10H2,1H3. The molecule has 1 fully saturated rings. The Kier molecular flexibility index (Phi) is 4.00. The van der Waals surface area contributed by atoms with Gasteiger partial charge in [-0.25, -0.2) is 0 Å². The third-order valence-corrected chi connectivity index (χ3v) is 5.20. The zero-order valence-electron chi connectivity index (χ0n) is 12.3. The second-order valence-corrected chi connectivity index (χ2v) is 6.41. The number of alkyl halides is 3. The fourth-order valence-corrected chi connectivity index (χ4v) is 4.22. The average Bonchev–Trinajstić information content (AvgIpc) is 3.17. The van der Waals surface area contributed by atoms with Gasteiger partial charge in [-0.3, -0.25) is 0 Å². The molecule has 0 aliphatic heterocycles. The number of halogens is 3. The summed E-state index contributed by atoms with van der Waals surface area (Å²) in [4.78, 5) is 0. The molecule has 0 saturated heterocycles. The number of hydrogen-bond acceptors (Lipinski definition) is 1. The number of aryl methyl sites for hydroxylation is 1. The van der Waals surface area contributed by atoms with E-state index < -0.39 is 12.6 Å². The molecule has 21 heavy (non-hydrogen) atoms. The topological polar surface area (TPSA) is 12.0 Å². The van der Waals surface area contributed by atoms with Gasteiger partial charge in [0.2, 0.25) is 0 Å². The van der Waals surface area contributed by atoms with E-state index in [9.17, 15) is 13.2 Å². The quantitative estimate of drug-likeness (QED) is 0.855. The van der Waals surface area contributed by atoms with E-state index in [0.717, 1.165) is 6.42 Å². The lowest BCUT2D eigenvalue weighted by atomic mass is 9.92. The summed E-state index contributed by atoms with van der Waals surface area (Å²) in [6.45, 7) is 0. The molecular formula is C17H22F3N. The Labute approximate surface area is 123 Å². The first-order chi connectivity index (χ1) is 10.0. The predicted molar refractivity (Wildman–Crippen MR) is 77.2 cm³/mol. The summed E-state index contributed by atoms with van der Waals surface area (Å²) >= 11 is 0. The molecule has 3 rings (SSSR count). The highest BCUT2D eigenvalue weighted by molar-refractivity contribution is 5.40. The van der Waals surface area contributed by atoms with Crippen molar-refractivity contribution in [1.82, 2.24) is 5.32 Å². The van der Waals surface area contributed by atoms with Crippen molar-refractivity contribution >= 4 is 0 Å². The van der Waals surface area contributed by atoms with Gasteiger partial charge in [0.05, 0.1) is 0 Å².